The first-order valence-corrected chi connectivity index (χ1v) is 16.3. The summed E-state index contributed by atoms with van der Waals surface area (Å²) in [5, 5.41) is 23.3. The molecule has 0 spiro atoms. The Labute approximate surface area is 284 Å². The standard InChI is InChI=1S/C45H28N4/c46-29-31-27-34(28-44(37(31)30-47)49-40-23-11-7-19-35(40)36-20-8-12-24-41(36)49)48-42-25-13-9-21-38(42)45(32-15-3-1-4-16-32,33-17-5-2-6-18-33)39-22-10-14-26-43(39)48/h1-28H. The van der Waals surface area contributed by atoms with Crippen molar-refractivity contribution in [3.05, 3.63) is 203 Å². The molecule has 1 aliphatic rings. The molecule has 7 aromatic carbocycles. The van der Waals surface area contributed by atoms with Crippen LogP contribution in [0.2, 0.25) is 0 Å². The lowest BCUT2D eigenvalue weighted by atomic mass is 9.62. The zero-order chi connectivity index (χ0) is 33.0. The molecule has 1 aliphatic heterocycles. The van der Waals surface area contributed by atoms with Crippen LogP contribution in [-0.2, 0) is 5.41 Å². The van der Waals surface area contributed by atoms with Gasteiger partial charge in [-0.2, -0.15) is 10.5 Å². The minimum Gasteiger partial charge on any atom is -0.310 e. The Morgan fingerprint density at radius 2 is 0.918 bits per heavy atom. The molecule has 0 bridgehead atoms. The molecule has 8 aromatic rings. The molecule has 0 unspecified atom stereocenters. The van der Waals surface area contributed by atoms with E-state index in [0.29, 0.717) is 16.8 Å². The maximum Gasteiger partial charge on any atom is 0.103 e. The van der Waals surface area contributed by atoms with Gasteiger partial charge < -0.3 is 9.47 Å². The van der Waals surface area contributed by atoms with Gasteiger partial charge >= 0.3 is 0 Å². The minimum absolute atomic E-state index is 0.328. The van der Waals surface area contributed by atoms with Gasteiger partial charge in [-0.3, -0.25) is 0 Å². The van der Waals surface area contributed by atoms with Crippen LogP contribution >= 0.6 is 0 Å². The van der Waals surface area contributed by atoms with Gasteiger partial charge in [0.2, 0.25) is 0 Å². The summed E-state index contributed by atoms with van der Waals surface area (Å²) < 4.78 is 2.13. The smallest absolute Gasteiger partial charge is 0.103 e. The van der Waals surface area contributed by atoms with E-state index >= 15 is 0 Å². The van der Waals surface area contributed by atoms with E-state index in [1.54, 1.807) is 0 Å². The number of nitriles is 2. The van der Waals surface area contributed by atoms with E-state index in [4.69, 9.17) is 0 Å². The van der Waals surface area contributed by atoms with Gasteiger partial charge in [-0.15, -0.1) is 0 Å². The predicted octanol–water partition coefficient (Wildman–Crippen LogP) is 10.7. The van der Waals surface area contributed by atoms with Gasteiger partial charge in [0.05, 0.1) is 44.6 Å². The number of hydrogen-bond donors (Lipinski definition) is 0. The van der Waals surface area contributed by atoms with Crippen molar-refractivity contribution in [2.45, 2.75) is 5.41 Å². The highest BCUT2D eigenvalue weighted by Gasteiger charge is 2.46. The summed E-state index contributed by atoms with van der Waals surface area (Å²) in [5.41, 5.74) is 10.1. The Morgan fingerprint density at radius 3 is 1.43 bits per heavy atom. The molecule has 0 atom stereocenters. The van der Waals surface area contributed by atoms with E-state index in [2.05, 4.69) is 161 Å². The molecule has 0 saturated heterocycles. The van der Waals surface area contributed by atoms with Crippen LogP contribution in [0, 0.1) is 22.7 Å². The van der Waals surface area contributed by atoms with Crippen LogP contribution in [0.4, 0.5) is 17.1 Å². The highest BCUT2D eigenvalue weighted by atomic mass is 15.2. The number of para-hydroxylation sites is 4. The van der Waals surface area contributed by atoms with Crippen LogP contribution in [-0.4, -0.2) is 4.57 Å². The van der Waals surface area contributed by atoms with E-state index in [1.165, 1.54) is 11.1 Å². The molecule has 0 N–H and O–H groups in total. The Balaban J connectivity index is 1.39. The molecule has 0 aliphatic carbocycles. The van der Waals surface area contributed by atoms with Crippen LogP contribution in [0.3, 0.4) is 0 Å². The lowest BCUT2D eigenvalue weighted by Crippen LogP contribution is -2.37. The van der Waals surface area contributed by atoms with Gasteiger partial charge in [0.25, 0.3) is 0 Å². The zero-order valence-electron chi connectivity index (χ0n) is 26.5. The average molecular weight is 625 g/mol. The molecule has 0 amide bonds. The first-order chi connectivity index (χ1) is 24.3. The van der Waals surface area contributed by atoms with Crippen LogP contribution in [0.15, 0.2) is 170 Å². The zero-order valence-corrected chi connectivity index (χ0v) is 26.5. The molecule has 4 nitrogen and oxygen atoms in total. The molecule has 228 valence electrons. The summed E-state index contributed by atoms with van der Waals surface area (Å²) in [7, 11) is 0. The van der Waals surface area contributed by atoms with Crippen molar-refractivity contribution in [2.24, 2.45) is 0 Å². The Bertz CT molecular complexity index is 2500. The second-order valence-electron chi connectivity index (χ2n) is 12.3. The summed E-state index contributed by atoms with van der Waals surface area (Å²) >= 11 is 0. The highest BCUT2D eigenvalue weighted by molar-refractivity contribution is 6.09. The summed E-state index contributed by atoms with van der Waals surface area (Å²) in [6.07, 6.45) is 0. The third-order valence-corrected chi connectivity index (χ3v) is 9.93. The molecular weight excluding hydrogens is 597 g/mol. The molecule has 0 saturated carbocycles. The van der Waals surface area contributed by atoms with Crippen molar-refractivity contribution in [3.8, 4) is 17.8 Å². The maximum atomic E-state index is 10.6. The van der Waals surface area contributed by atoms with Crippen molar-refractivity contribution in [1.29, 1.82) is 10.5 Å². The maximum absolute atomic E-state index is 10.6. The second kappa shape index (κ2) is 11.1. The number of nitrogens with zero attached hydrogens (tertiary/aromatic N) is 4. The largest absolute Gasteiger partial charge is 0.310 e. The van der Waals surface area contributed by atoms with Crippen molar-refractivity contribution in [1.82, 2.24) is 4.57 Å². The quantitative estimate of drug-likeness (QED) is 0.196. The van der Waals surface area contributed by atoms with Crippen molar-refractivity contribution >= 4 is 38.9 Å². The first kappa shape index (κ1) is 28.4. The minimum atomic E-state index is -0.605. The van der Waals surface area contributed by atoms with Crippen LogP contribution in [0.1, 0.15) is 33.4 Å². The van der Waals surface area contributed by atoms with Crippen molar-refractivity contribution in [3.63, 3.8) is 0 Å². The van der Waals surface area contributed by atoms with Crippen LogP contribution in [0.25, 0.3) is 27.5 Å². The Kier molecular flexibility index (Phi) is 6.44. The molecule has 1 aromatic heterocycles. The summed E-state index contributed by atoms with van der Waals surface area (Å²) in [6, 6.07) is 63.7. The second-order valence-corrected chi connectivity index (χ2v) is 12.3. The first-order valence-electron chi connectivity index (χ1n) is 16.3. The summed E-state index contributed by atoms with van der Waals surface area (Å²) in [5.74, 6) is 0. The molecule has 2 heterocycles. The lowest BCUT2D eigenvalue weighted by molar-refractivity contribution is 0.731. The number of rotatable bonds is 4. The normalized spacial score (nSPS) is 13.0. The topological polar surface area (TPSA) is 55.8 Å². The third-order valence-electron chi connectivity index (χ3n) is 9.93. The Morgan fingerprint density at radius 1 is 0.449 bits per heavy atom. The predicted molar refractivity (Wildman–Crippen MR) is 197 cm³/mol. The molecule has 0 fully saturated rings. The number of fused-ring (bicyclic) bond motifs is 5. The fourth-order valence-electron chi connectivity index (χ4n) is 7.99. The van der Waals surface area contributed by atoms with E-state index in [9.17, 15) is 10.5 Å². The fraction of sp³-hybridized carbons (Fsp3) is 0.0222. The van der Waals surface area contributed by atoms with Crippen molar-refractivity contribution in [2.75, 3.05) is 4.90 Å². The third kappa shape index (κ3) is 4.02. The molecule has 0 radical (unpaired) electrons. The van der Waals surface area contributed by atoms with Crippen LogP contribution < -0.4 is 4.90 Å². The lowest BCUT2D eigenvalue weighted by Gasteiger charge is -2.46. The summed E-state index contributed by atoms with van der Waals surface area (Å²) in [6.45, 7) is 0. The van der Waals surface area contributed by atoms with Gasteiger partial charge in [0.1, 0.15) is 12.1 Å². The van der Waals surface area contributed by atoms with E-state index in [1.807, 2.05) is 30.3 Å². The molecule has 49 heavy (non-hydrogen) atoms. The van der Waals surface area contributed by atoms with Gasteiger partial charge in [-0.25, -0.2) is 0 Å². The molecule has 9 rings (SSSR count). The van der Waals surface area contributed by atoms with E-state index < -0.39 is 5.41 Å². The number of benzene rings is 7. The molecular formula is C45H28N4. The number of anilines is 3. The SMILES string of the molecule is N#Cc1cc(N2c3ccccc3C(c3ccccc3)(c3ccccc3)c3ccccc32)cc(-n2c3ccccc3c3ccccc32)c1C#N. The van der Waals surface area contributed by atoms with E-state index in [-0.39, 0.29) is 0 Å². The fourth-order valence-corrected chi connectivity index (χ4v) is 7.99. The number of aromatic nitrogens is 1. The number of hydrogen-bond acceptors (Lipinski definition) is 3. The van der Waals surface area contributed by atoms with Crippen LogP contribution in [0.5, 0.6) is 0 Å². The van der Waals surface area contributed by atoms with Gasteiger partial charge in [0, 0.05) is 16.5 Å². The summed E-state index contributed by atoms with van der Waals surface area (Å²) in [4.78, 5) is 2.26. The van der Waals surface area contributed by atoms with Gasteiger partial charge in [-0.1, -0.05) is 133 Å². The highest BCUT2D eigenvalue weighted by Crippen LogP contribution is 2.57. The van der Waals surface area contributed by atoms with Gasteiger partial charge in [0.15, 0.2) is 0 Å². The van der Waals surface area contributed by atoms with E-state index in [0.717, 1.165) is 50.0 Å². The monoisotopic (exact) mass is 624 g/mol. The van der Waals surface area contributed by atoms with Crippen molar-refractivity contribution < 1.29 is 0 Å². The molecule has 4 heteroatoms. The van der Waals surface area contributed by atoms with Gasteiger partial charge in [-0.05, 0) is 58.7 Å². The Hall–Kier alpha value is -6.88. The average Bonchev–Trinajstić information content (AvgIpc) is 3.51.